The first-order valence-electron chi connectivity index (χ1n) is 4.89. The predicted octanol–water partition coefficient (Wildman–Crippen LogP) is 2.63. The van der Waals surface area contributed by atoms with Gasteiger partial charge in [-0.25, -0.2) is 0 Å². The van der Waals surface area contributed by atoms with Crippen LogP contribution in [-0.2, 0) is 10.5 Å². The van der Waals surface area contributed by atoms with Gasteiger partial charge in [-0.3, -0.25) is 5.32 Å². The topological polar surface area (TPSA) is 21.3 Å². The fourth-order valence-corrected chi connectivity index (χ4v) is 3.68. The molecule has 78 valence electrons. The Morgan fingerprint density at radius 2 is 1.80 bits per heavy atom. The van der Waals surface area contributed by atoms with E-state index in [1.807, 2.05) is 0 Å². The van der Waals surface area contributed by atoms with Crippen molar-refractivity contribution in [2.45, 2.75) is 5.72 Å². The first-order chi connectivity index (χ1) is 7.42. The van der Waals surface area contributed by atoms with Gasteiger partial charge in [0.1, 0.15) is 0 Å². The Bertz CT molecular complexity index is 379. The first kappa shape index (κ1) is 9.54. The monoisotopic (exact) mass is 237 g/mol. The largest absolute Gasteiger partial charge is 0.349 e. The van der Waals surface area contributed by atoms with Crippen molar-refractivity contribution in [3.63, 3.8) is 0 Å². The molecule has 0 radical (unpaired) electrons. The highest BCUT2D eigenvalue weighted by molar-refractivity contribution is 7.11. The van der Waals surface area contributed by atoms with Crippen molar-refractivity contribution >= 4 is 22.7 Å². The van der Waals surface area contributed by atoms with E-state index in [0.717, 1.165) is 13.2 Å². The Morgan fingerprint density at radius 3 is 2.20 bits per heavy atom. The standard InChI is InChI=1S/C11H11NOS2/c1-3-9(14-7-1)11(12-5-6-13-11)10-4-2-8-15-10/h1-4,7-8,12H,5-6H2. The molecule has 3 rings (SSSR count). The summed E-state index contributed by atoms with van der Waals surface area (Å²) in [6.45, 7) is 1.69. The molecule has 0 unspecified atom stereocenters. The maximum absolute atomic E-state index is 5.94. The van der Waals surface area contributed by atoms with Gasteiger partial charge in [-0.15, -0.1) is 22.7 Å². The van der Waals surface area contributed by atoms with E-state index in [2.05, 4.69) is 40.3 Å². The molecule has 4 heteroatoms. The molecular formula is C11H11NOS2. The van der Waals surface area contributed by atoms with Gasteiger partial charge in [0.2, 0.25) is 0 Å². The van der Waals surface area contributed by atoms with E-state index in [1.54, 1.807) is 22.7 Å². The summed E-state index contributed by atoms with van der Waals surface area (Å²) in [6, 6.07) is 8.39. The van der Waals surface area contributed by atoms with Crippen LogP contribution >= 0.6 is 22.7 Å². The predicted molar refractivity (Wildman–Crippen MR) is 63.4 cm³/mol. The number of hydrogen-bond donors (Lipinski definition) is 1. The molecule has 0 saturated carbocycles. The molecule has 1 aliphatic heterocycles. The molecule has 1 saturated heterocycles. The second kappa shape index (κ2) is 3.72. The number of nitrogens with one attached hydrogen (secondary N) is 1. The Kier molecular flexibility index (Phi) is 2.36. The maximum Gasteiger partial charge on any atom is 0.190 e. The van der Waals surface area contributed by atoms with Gasteiger partial charge in [0, 0.05) is 6.54 Å². The molecule has 2 aromatic rings. The fraction of sp³-hybridized carbons (Fsp3) is 0.273. The van der Waals surface area contributed by atoms with E-state index in [1.165, 1.54) is 9.75 Å². The smallest absolute Gasteiger partial charge is 0.190 e. The lowest BCUT2D eigenvalue weighted by molar-refractivity contribution is 0.0286. The highest BCUT2D eigenvalue weighted by atomic mass is 32.1. The van der Waals surface area contributed by atoms with Gasteiger partial charge in [0.25, 0.3) is 0 Å². The zero-order valence-corrected chi connectivity index (χ0v) is 9.74. The molecule has 3 heterocycles. The Balaban J connectivity index is 2.10. The third kappa shape index (κ3) is 1.45. The van der Waals surface area contributed by atoms with Crippen LogP contribution in [0.5, 0.6) is 0 Å². The summed E-state index contributed by atoms with van der Waals surface area (Å²) in [5.41, 5.74) is -0.373. The van der Waals surface area contributed by atoms with Gasteiger partial charge < -0.3 is 4.74 Å². The average molecular weight is 237 g/mol. The van der Waals surface area contributed by atoms with Crippen molar-refractivity contribution in [1.82, 2.24) is 5.32 Å². The zero-order chi connectivity index (χ0) is 10.1. The molecule has 2 aromatic heterocycles. The zero-order valence-electron chi connectivity index (χ0n) is 8.10. The van der Waals surface area contributed by atoms with Crippen LogP contribution in [0.25, 0.3) is 0 Å². The summed E-state index contributed by atoms with van der Waals surface area (Å²) >= 11 is 3.47. The number of thiophene rings is 2. The third-order valence-electron chi connectivity index (χ3n) is 2.53. The first-order valence-corrected chi connectivity index (χ1v) is 6.65. The lowest BCUT2D eigenvalue weighted by Crippen LogP contribution is -2.37. The second-order valence-corrected chi connectivity index (χ2v) is 5.31. The van der Waals surface area contributed by atoms with Crippen molar-refractivity contribution in [3.8, 4) is 0 Å². The summed E-state index contributed by atoms with van der Waals surface area (Å²) < 4.78 is 5.94. The van der Waals surface area contributed by atoms with Gasteiger partial charge >= 0.3 is 0 Å². The normalized spacial score (nSPS) is 19.5. The Labute approximate surface area is 96.5 Å². The van der Waals surface area contributed by atoms with Crippen LogP contribution in [0.15, 0.2) is 35.0 Å². The molecule has 2 nitrogen and oxygen atoms in total. The lowest BCUT2D eigenvalue weighted by atomic mass is 10.1. The molecular weight excluding hydrogens is 226 g/mol. The lowest BCUT2D eigenvalue weighted by Gasteiger charge is -2.26. The van der Waals surface area contributed by atoms with Crippen LogP contribution in [-0.4, -0.2) is 13.2 Å². The molecule has 0 spiro atoms. The summed E-state index contributed by atoms with van der Waals surface area (Å²) in [4.78, 5) is 2.48. The molecule has 0 amide bonds. The molecule has 1 aliphatic rings. The highest BCUT2D eigenvalue weighted by Crippen LogP contribution is 2.38. The van der Waals surface area contributed by atoms with Gasteiger partial charge in [-0.05, 0) is 22.9 Å². The van der Waals surface area contributed by atoms with Crippen LogP contribution in [0.2, 0.25) is 0 Å². The van der Waals surface area contributed by atoms with Crippen molar-refractivity contribution < 1.29 is 4.74 Å². The van der Waals surface area contributed by atoms with E-state index in [4.69, 9.17) is 4.74 Å². The van der Waals surface area contributed by atoms with E-state index in [0.29, 0.717) is 0 Å². The molecule has 0 bridgehead atoms. The molecule has 1 N–H and O–H groups in total. The minimum atomic E-state index is -0.373. The molecule has 0 atom stereocenters. The van der Waals surface area contributed by atoms with Crippen molar-refractivity contribution in [3.05, 3.63) is 44.8 Å². The Morgan fingerprint density at radius 1 is 1.13 bits per heavy atom. The highest BCUT2D eigenvalue weighted by Gasteiger charge is 2.40. The fourth-order valence-electron chi connectivity index (χ4n) is 1.88. The quantitative estimate of drug-likeness (QED) is 0.867. The van der Waals surface area contributed by atoms with Crippen LogP contribution in [0.1, 0.15) is 9.75 Å². The van der Waals surface area contributed by atoms with Gasteiger partial charge in [0.05, 0.1) is 16.4 Å². The summed E-state index contributed by atoms with van der Waals surface area (Å²) in [6.07, 6.45) is 0. The summed E-state index contributed by atoms with van der Waals surface area (Å²) in [7, 11) is 0. The molecule has 1 fully saturated rings. The van der Waals surface area contributed by atoms with Gasteiger partial charge in [-0.2, -0.15) is 0 Å². The second-order valence-electron chi connectivity index (χ2n) is 3.41. The Hall–Kier alpha value is -0.680. The SMILES string of the molecule is c1csc(C2(c3cccs3)NCCO2)c1. The van der Waals surface area contributed by atoms with E-state index in [-0.39, 0.29) is 5.72 Å². The number of hydrogen-bond acceptors (Lipinski definition) is 4. The molecule has 15 heavy (non-hydrogen) atoms. The number of ether oxygens (including phenoxy) is 1. The molecule has 0 aromatic carbocycles. The van der Waals surface area contributed by atoms with Crippen LogP contribution in [0, 0.1) is 0 Å². The van der Waals surface area contributed by atoms with Gasteiger partial charge in [-0.1, -0.05) is 12.1 Å². The maximum atomic E-state index is 5.94. The molecule has 0 aliphatic carbocycles. The van der Waals surface area contributed by atoms with Crippen LogP contribution in [0.4, 0.5) is 0 Å². The van der Waals surface area contributed by atoms with E-state index >= 15 is 0 Å². The van der Waals surface area contributed by atoms with Gasteiger partial charge in [0.15, 0.2) is 5.72 Å². The van der Waals surface area contributed by atoms with E-state index < -0.39 is 0 Å². The van der Waals surface area contributed by atoms with Crippen molar-refractivity contribution in [2.24, 2.45) is 0 Å². The van der Waals surface area contributed by atoms with Crippen molar-refractivity contribution in [2.75, 3.05) is 13.2 Å². The third-order valence-corrected chi connectivity index (χ3v) is 4.47. The number of rotatable bonds is 2. The minimum absolute atomic E-state index is 0.373. The van der Waals surface area contributed by atoms with Crippen LogP contribution in [0.3, 0.4) is 0 Å². The average Bonchev–Trinajstić information content (AvgIpc) is 3.02. The summed E-state index contributed by atoms with van der Waals surface area (Å²) in [5.74, 6) is 0. The van der Waals surface area contributed by atoms with Crippen molar-refractivity contribution in [1.29, 1.82) is 0 Å². The van der Waals surface area contributed by atoms with E-state index in [9.17, 15) is 0 Å². The summed E-state index contributed by atoms with van der Waals surface area (Å²) in [5, 5.41) is 7.66. The van der Waals surface area contributed by atoms with Crippen LogP contribution < -0.4 is 5.32 Å². The minimum Gasteiger partial charge on any atom is -0.349 e.